The van der Waals surface area contributed by atoms with Crippen molar-refractivity contribution in [3.8, 4) is 0 Å². The fourth-order valence-corrected chi connectivity index (χ4v) is 1.47. The molecule has 0 aliphatic heterocycles. The lowest BCUT2D eigenvalue weighted by Crippen LogP contribution is -2.26. The second-order valence-electron chi connectivity index (χ2n) is 4.74. The van der Waals surface area contributed by atoms with Gasteiger partial charge in [0.05, 0.1) is 13.2 Å². The molecule has 0 saturated heterocycles. The predicted molar refractivity (Wildman–Crippen MR) is 78.2 cm³/mol. The number of ether oxygens (including phenoxy) is 4. The highest BCUT2D eigenvalue weighted by Gasteiger charge is 2.17. The van der Waals surface area contributed by atoms with Crippen LogP contribution in [-0.4, -0.2) is 38.2 Å². The first-order chi connectivity index (χ1) is 10.1. The van der Waals surface area contributed by atoms with Gasteiger partial charge in [0.2, 0.25) is 0 Å². The molecule has 1 atom stereocenters. The molecular formula is C15H28O6. The minimum absolute atomic E-state index is 0.0122. The van der Waals surface area contributed by atoms with Gasteiger partial charge in [-0.25, -0.2) is 9.59 Å². The molecule has 6 nitrogen and oxygen atoms in total. The Hall–Kier alpha value is -1.46. The van der Waals surface area contributed by atoms with E-state index in [1.54, 1.807) is 0 Å². The Morgan fingerprint density at radius 1 is 0.810 bits per heavy atom. The predicted octanol–water partition coefficient (Wildman–Crippen LogP) is 4.06. The van der Waals surface area contributed by atoms with Crippen LogP contribution in [-0.2, 0) is 18.9 Å². The van der Waals surface area contributed by atoms with Gasteiger partial charge in [-0.05, 0) is 19.3 Å². The normalized spacial score (nSPS) is 11.6. The molecule has 0 rings (SSSR count). The molecule has 0 spiro atoms. The molecule has 0 aromatic rings. The van der Waals surface area contributed by atoms with Crippen molar-refractivity contribution >= 4 is 12.3 Å². The van der Waals surface area contributed by atoms with E-state index in [0.717, 1.165) is 32.1 Å². The molecule has 0 N–H and O–H groups in total. The van der Waals surface area contributed by atoms with Gasteiger partial charge in [0.25, 0.3) is 0 Å². The summed E-state index contributed by atoms with van der Waals surface area (Å²) in [4.78, 5) is 22.7. The first-order valence-corrected chi connectivity index (χ1v) is 7.76. The summed E-state index contributed by atoms with van der Waals surface area (Å²) in [7, 11) is 0. The summed E-state index contributed by atoms with van der Waals surface area (Å²) >= 11 is 0. The summed E-state index contributed by atoms with van der Waals surface area (Å²) in [6, 6.07) is 0. The quantitative estimate of drug-likeness (QED) is 0.423. The van der Waals surface area contributed by atoms with Crippen LogP contribution in [0.15, 0.2) is 0 Å². The molecule has 0 aromatic carbocycles. The minimum Gasteiger partial charge on any atom is -0.434 e. The number of hydrogen-bond donors (Lipinski definition) is 0. The molecule has 0 radical (unpaired) electrons. The molecule has 0 aliphatic rings. The van der Waals surface area contributed by atoms with E-state index in [4.69, 9.17) is 18.9 Å². The van der Waals surface area contributed by atoms with Crippen molar-refractivity contribution in [2.24, 2.45) is 0 Å². The van der Waals surface area contributed by atoms with Crippen LogP contribution >= 0.6 is 0 Å². The fourth-order valence-electron chi connectivity index (χ4n) is 1.47. The fraction of sp³-hybridized carbons (Fsp3) is 0.867. The molecular weight excluding hydrogens is 276 g/mol. The van der Waals surface area contributed by atoms with Gasteiger partial charge in [-0.1, -0.05) is 40.0 Å². The summed E-state index contributed by atoms with van der Waals surface area (Å²) < 4.78 is 19.8. The number of carbonyl (C=O) groups is 2. The lowest BCUT2D eigenvalue weighted by atomic mass is 10.2. The minimum atomic E-state index is -0.729. The maximum Gasteiger partial charge on any atom is 0.508 e. The molecule has 6 heteroatoms. The van der Waals surface area contributed by atoms with Crippen molar-refractivity contribution in [1.29, 1.82) is 0 Å². The van der Waals surface area contributed by atoms with Gasteiger partial charge in [-0.2, -0.15) is 0 Å². The molecule has 0 bridgehead atoms. The Morgan fingerprint density at radius 3 is 1.90 bits per heavy atom. The van der Waals surface area contributed by atoms with Crippen molar-refractivity contribution in [1.82, 2.24) is 0 Å². The molecule has 0 aromatic heterocycles. The van der Waals surface area contributed by atoms with E-state index in [1.807, 2.05) is 20.8 Å². The average Bonchev–Trinajstić information content (AvgIpc) is 2.45. The Morgan fingerprint density at radius 2 is 1.38 bits per heavy atom. The molecule has 124 valence electrons. The zero-order valence-electron chi connectivity index (χ0n) is 13.4. The van der Waals surface area contributed by atoms with Gasteiger partial charge in [-0.3, -0.25) is 0 Å². The van der Waals surface area contributed by atoms with Crippen molar-refractivity contribution < 1.29 is 28.5 Å². The standard InChI is InChI=1S/C15H28O6/c1-4-7-10-18-14(16)20-12-13(9-6-3)21-15(17)19-11-8-5-2/h13H,4-12H2,1-3H3. The van der Waals surface area contributed by atoms with Crippen LogP contribution in [0.5, 0.6) is 0 Å². The highest BCUT2D eigenvalue weighted by atomic mass is 16.7. The monoisotopic (exact) mass is 304 g/mol. The van der Waals surface area contributed by atoms with Crippen LogP contribution < -0.4 is 0 Å². The molecule has 1 unspecified atom stereocenters. The summed E-state index contributed by atoms with van der Waals surface area (Å²) in [5, 5.41) is 0. The Kier molecular flexibility index (Phi) is 12.6. The lowest BCUT2D eigenvalue weighted by molar-refractivity contribution is -0.0197. The van der Waals surface area contributed by atoms with E-state index < -0.39 is 18.4 Å². The zero-order valence-corrected chi connectivity index (χ0v) is 13.4. The third kappa shape index (κ3) is 12.0. The Balaban J connectivity index is 3.94. The lowest BCUT2D eigenvalue weighted by Gasteiger charge is -2.16. The van der Waals surface area contributed by atoms with Crippen LogP contribution in [0.1, 0.15) is 59.3 Å². The molecule has 0 fully saturated rings. The molecule has 21 heavy (non-hydrogen) atoms. The van der Waals surface area contributed by atoms with Gasteiger partial charge in [0, 0.05) is 0 Å². The molecule has 0 heterocycles. The van der Waals surface area contributed by atoms with Crippen molar-refractivity contribution in [2.45, 2.75) is 65.4 Å². The Labute approximate surface area is 127 Å². The SMILES string of the molecule is CCCCOC(=O)OCC(CCC)OC(=O)OCCCC. The van der Waals surface area contributed by atoms with E-state index >= 15 is 0 Å². The maximum absolute atomic E-state index is 11.4. The smallest absolute Gasteiger partial charge is 0.434 e. The first kappa shape index (κ1) is 19.5. The van der Waals surface area contributed by atoms with Crippen molar-refractivity contribution in [2.75, 3.05) is 19.8 Å². The second kappa shape index (κ2) is 13.5. The molecule has 0 saturated carbocycles. The maximum atomic E-state index is 11.4. The average molecular weight is 304 g/mol. The van der Waals surface area contributed by atoms with E-state index in [-0.39, 0.29) is 6.61 Å². The van der Waals surface area contributed by atoms with E-state index in [9.17, 15) is 9.59 Å². The highest BCUT2D eigenvalue weighted by molar-refractivity contribution is 5.61. The molecule has 0 aliphatic carbocycles. The number of carbonyl (C=O) groups excluding carboxylic acids is 2. The number of unbranched alkanes of at least 4 members (excludes halogenated alkanes) is 2. The van der Waals surface area contributed by atoms with Gasteiger partial charge in [-0.15, -0.1) is 0 Å². The largest absolute Gasteiger partial charge is 0.508 e. The summed E-state index contributed by atoms with van der Waals surface area (Å²) in [6.45, 7) is 6.64. The van der Waals surface area contributed by atoms with E-state index in [2.05, 4.69) is 0 Å². The number of rotatable bonds is 11. The van der Waals surface area contributed by atoms with Gasteiger partial charge in [0.15, 0.2) is 0 Å². The van der Waals surface area contributed by atoms with Gasteiger partial charge >= 0.3 is 12.3 Å². The summed E-state index contributed by atoms with van der Waals surface area (Å²) in [5.74, 6) is 0. The van der Waals surface area contributed by atoms with Crippen molar-refractivity contribution in [3.05, 3.63) is 0 Å². The summed E-state index contributed by atoms with van der Waals surface area (Å²) in [5.41, 5.74) is 0. The molecule has 0 amide bonds. The van der Waals surface area contributed by atoms with Crippen molar-refractivity contribution in [3.63, 3.8) is 0 Å². The first-order valence-electron chi connectivity index (χ1n) is 7.76. The topological polar surface area (TPSA) is 71.1 Å². The van der Waals surface area contributed by atoms with Gasteiger partial charge in [0.1, 0.15) is 12.7 Å². The third-order valence-electron chi connectivity index (χ3n) is 2.70. The summed E-state index contributed by atoms with van der Waals surface area (Å²) in [6.07, 6.45) is 2.95. The van der Waals surface area contributed by atoms with E-state index in [0.29, 0.717) is 19.6 Å². The Bertz CT molecular complexity index is 279. The van der Waals surface area contributed by atoms with Gasteiger partial charge < -0.3 is 18.9 Å². The third-order valence-corrected chi connectivity index (χ3v) is 2.70. The van der Waals surface area contributed by atoms with Crippen LogP contribution in [0.2, 0.25) is 0 Å². The zero-order chi connectivity index (χ0) is 15.9. The van der Waals surface area contributed by atoms with E-state index in [1.165, 1.54) is 0 Å². The highest BCUT2D eigenvalue weighted by Crippen LogP contribution is 2.06. The second-order valence-corrected chi connectivity index (χ2v) is 4.74. The van der Waals surface area contributed by atoms with Crippen LogP contribution in [0.4, 0.5) is 9.59 Å². The number of hydrogen-bond acceptors (Lipinski definition) is 6. The van der Waals surface area contributed by atoms with Crippen LogP contribution in [0.25, 0.3) is 0 Å². The van der Waals surface area contributed by atoms with Crippen LogP contribution in [0.3, 0.4) is 0 Å². The van der Waals surface area contributed by atoms with Crippen LogP contribution in [0, 0.1) is 0 Å².